The van der Waals surface area contributed by atoms with E-state index in [2.05, 4.69) is 17.1 Å². The molecular weight excluding hydrogens is 466 g/mol. The molecule has 0 radical (unpaired) electrons. The first-order valence-corrected chi connectivity index (χ1v) is 12.9. The van der Waals surface area contributed by atoms with Crippen molar-refractivity contribution < 1.29 is 27.1 Å². The molecule has 1 saturated heterocycles. The Balaban J connectivity index is 1.40. The number of nitrogens with zero attached hydrogens (tertiary/aromatic N) is 2. The second-order valence-electron chi connectivity index (χ2n) is 7.62. The minimum atomic E-state index is -3.58. The summed E-state index contributed by atoms with van der Waals surface area (Å²) >= 11 is 1.76. The van der Waals surface area contributed by atoms with Crippen LogP contribution in [0.1, 0.15) is 5.56 Å². The summed E-state index contributed by atoms with van der Waals surface area (Å²) in [6, 6.07) is 10.3. The largest absolute Gasteiger partial charge is 0.454 e. The number of fused-ring (bicyclic) bond motifs is 2. The zero-order valence-electron chi connectivity index (χ0n) is 17.4. The van der Waals surface area contributed by atoms with E-state index in [-0.39, 0.29) is 17.6 Å². The van der Waals surface area contributed by atoms with Crippen molar-refractivity contribution in [3.8, 4) is 11.5 Å². The first kappa shape index (κ1) is 20.5. The third-order valence-corrected chi connectivity index (χ3v) is 8.51. The molecule has 1 aromatic heterocycles. The van der Waals surface area contributed by atoms with Gasteiger partial charge in [-0.25, -0.2) is 13.9 Å². The molecule has 170 valence electrons. The van der Waals surface area contributed by atoms with Gasteiger partial charge in [0.2, 0.25) is 16.8 Å². The van der Waals surface area contributed by atoms with Crippen LogP contribution in [0.5, 0.6) is 11.5 Å². The van der Waals surface area contributed by atoms with E-state index in [0.29, 0.717) is 52.0 Å². The molecule has 4 heterocycles. The van der Waals surface area contributed by atoms with E-state index >= 15 is 0 Å². The van der Waals surface area contributed by atoms with E-state index in [0.717, 1.165) is 17.1 Å². The molecule has 11 heteroatoms. The maximum absolute atomic E-state index is 13.1. The number of nitrogens with one attached hydrogen (secondary N) is 1. The predicted molar refractivity (Wildman–Crippen MR) is 124 cm³/mol. The van der Waals surface area contributed by atoms with Crippen molar-refractivity contribution in [1.82, 2.24) is 9.79 Å². The summed E-state index contributed by atoms with van der Waals surface area (Å²) in [6.07, 6.45) is 0. The average Bonchev–Trinajstić information content (AvgIpc) is 3.58. The van der Waals surface area contributed by atoms with Crippen LogP contribution < -0.4 is 25.6 Å². The quantitative estimate of drug-likeness (QED) is 0.593. The fourth-order valence-electron chi connectivity index (χ4n) is 3.91. The molecule has 9 nitrogen and oxygen atoms in total. The maximum atomic E-state index is 13.1. The third kappa shape index (κ3) is 3.43. The van der Waals surface area contributed by atoms with E-state index in [4.69, 9.17) is 18.7 Å². The maximum Gasteiger partial charge on any atom is 0.291 e. The molecular formula is C22H19N3O6S2. The molecule has 0 saturated carbocycles. The lowest BCUT2D eigenvalue weighted by Gasteiger charge is -2.25. The van der Waals surface area contributed by atoms with Crippen molar-refractivity contribution in [1.29, 1.82) is 0 Å². The van der Waals surface area contributed by atoms with Gasteiger partial charge in [-0.1, -0.05) is 6.58 Å². The molecule has 1 N–H and O–H groups in total. The SMILES string of the molecule is C=c1c(=C2N=C(c3ccc4c(c3)OCO4)NO2)oc2ccc(S(=O)(=O)N3CCSCC3)cc12. The number of hydrogen-bond acceptors (Lipinski definition) is 9. The summed E-state index contributed by atoms with van der Waals surface area (Å²) in [7, 11) is -3.58. The Morgan fingerprint density at radius 3 is 2.73 bits per heavy atom. The van der Waals surface area contributed by atoms with Crippen LogP contribution in [-0.4, -0.2) is 49.9 Å². The van der Waals surface area contributed by atoms with Crippen LogP contribution in [0.25, 0.3) is 23.4 Å². The van der Waals surface area contributed by atoms with Crippen LogP contribution in [0, 0.1) is 0 Å². The minimum absolute atomic E-state index is 0.185. The number of benzene rings is 2. The Morgan fingerprint density at radius 2 is 1.88 bits per heavy atom. The van der Waals surface area contributed by atoms with Gasteiger partial charge in [0, 0.05) is 40.8 Å². The normalized spacial score (nSPS) is 19.9. The Kier molecular flexibility index (Phi) is 4.78. The van der Waals surface area contributed by atoms with Crippen molar-refractivity contribution in [3.05, 3.63) is 52.6 Å². The molecule has 3 aliphatic heterocycles. The second kappa shape index (κ2) is 7.72. The van der Waals surface area contributed by atoms with Gasteiger partial charge in [-0.2, -0.15) is 21.1 Å². The van der Waals surface area contributed by atoms with Gasteiger partial charge in [0.25, 0.3) is 5.88 Å². The number of thioether (sulfide) groups is 1. The number of aliphatic imine (C=N–C) groups is 1. The fraction of sp³-hybridized carbons (Fsp3) is 0.227. The molecule has 0 spiro atoms. The molecule has 0 bridgehead atoms. The predicted octanol–water partition coefficient (Wildman–Crippen LogP) is 1.36. The van der Waals surface area contributed by atoms with Crippen molar-refractivity contribution >= 4 is 51.1 Å². The minimum Gasteiger partial charge on any atom is -0.454 e. The number of hydrogen-bond donors (Lipinski definition) is 1. The van der Waals surface area contributed by atoms with Gasteiger partial charge in [0.15, 0.2) is 22.8 Å². The number of furan rings is 1. The molecule has 2 aromatic carbocycles. The van der Waals surface area contributed by atoms with Crippen LogP contribution in [0.4, 0.5) is 0 Å². The Morgan fingerprint density at radius 1 is 1.06 bits per heavy atom. The number of amidine groups is 1. The van der Waals surface area contributed by atoms with E-state index in [1.807, 2.05) is 6.07 Å². The smallest absolute Gasteiger partial charge is 0.291 e. The third-order valence-electron chi connectivity index (χ3n) is 5.67. The standard InChI is InChI=1S/C22H19N3O6S2/c1-13-16-11-15(33(26,27)25-6-8-32-9-7-25)3-5-17(16)30-20(13)22-23-21(24-31-22)14-2-4-18-19(10-14)29-12-28-18/h2-5,10-11H,1,6-9,12H2,(H,23,24). The second-order valence-corrected chi connectivity index (χ2v) is 10.8. The number of hydroxylamine groups is 1. The highest BCUT2D eigenvalue weighted by molar-refractivity contribution is 7.99. The summed E-state index contributed by atoms with van der Waals surface area (Å²) < 4.78 is 44.3. The number of ether oxygens (including phenoxy) is 2. The first-order valence-electron chi connectivity index (χ1n) is 10.3. The lowest BCUT2D eigenvalue weighted by molar-refractivity contribution is 0.174. The average molecular weight is 486 g/mol. The Hall–Kier alpha value is -3.15. The van der Waals surface area contributed by atoms with Gasteiger partial charge in [0.05, 0.1) is 4.90 Å². The lowest BCUT2D eigenvalue weighted by Crippen LogP contribution is -2.37. The highest BCUT2D eigenvalue weighted by Gasteiger charge is 2.27. The number of rotatable bonds is 3. The summed E-state index contributed by atoms with van der Waals surface area (Å²) in [5.41, 5.74) is 4.38. The fourth-order valence-corrected chi connectivity index (χ4v) is 6.51. The van der Waals surface area contributed by atoms with Crippen LogP contribution in [0.3, 0.4) is 0 Å². The zero-order valence-corrected chi connectivity index (χ0v) is 19.0. The van der Waals surface area contributed by atoms with Crippen molar-refractivity contribution in [3.63, 3.8) is 0 Å². The highest BCUT2D eigenvalue weighted by Crippen LogP contribution is 2.33. The highest BCUT2D eigenvalue weighted by atomic mass is 32.2. The van der Waals surface area contributed by atoms with Gasteiger partial charge in [0.1, 0.15) is 5.58 Å². The summed E-state index contributed by atoms with van der Waals surface area (Å²) in [6.45, 7) is 5.29. The van der Waals surface area contributed by atoms with Crippen LogP contribution >= 0.6 is 11.8 Å². The first-order chi connectivity index (χ1) is 16.0. The van der Waals surface area contributed by atoms with Gasteiger partial charge in [-0.15, -0.1) is 0 Å². The molecule has 0 atom stereocenters. The van der Waals surface area contributed by atoms with E-state index in [1.165, 1.54) is 4.31 Å². The van der Waals surface area contributed by atoms with Gasteiger partial charge < -0.3 is 18.7 Å². The van der Waals surface area contributed by atoms with E-state index < -0.39 is 10.0 Å². The molecule has 33 heavy (non-hydrogen) atoms. The van der Waals surface area contributed by atoms with Gasteiger partial charge in [-0.3, -0.25) is 0 Å². The van der Waals surface area contributed by atoms with E-state index in [9.17, 15) is 8.42 Å². The topological polar surface area (TPSA) is 103 Å². The van der Waals surface area contributed by atoms with Crippen LogP contribution in [0.15, 0.2) is 50.7 Å². The Bertz CT molecular complexity index is 1520. The molecule has 0 unspecified atom stereocenters. The Labute approximate surface area is 193 Å². The van der Waals surface area contributed by atoms with Crippen LogP contribution in [-0.2, 0) is 14.9 Å². The van der Waals surface area contributed by atoms with Gasteiger partial charge in [-0.05, 0) is 36.4 Å². The summed E-state index contributed by atoms with van der Waals surface area (Å²) in [4.78, 5) is 10.3. The monoisotopic (exact) mass is 485 g/mol. The molecule has 6 rings (SSSR count). The van der Waals surface area contributed by atoms with Crippen molar-refractivity contribution in [2.45, 2.75) is 4.90 Å². The van der Waals surface area contributed by atoms with Crippen molar-refractivity contribution in [2.24, 2.45) is 4.99 Å². The van der Waals surface area contributed by atoms with Crippen LogP contribution in [0.2, 0.25) is 0 Å². The molecule has 0 amide bonds. The lowest BCUT2D eigenvalue weighted by atomic mass is 10.2. The summed E-state index contributed by atoms with van der Waals surface area (Å²) in [5, 5.41) is 1.10. The van der Waals surface area contributed by atoms with E-state index in [1.54, 1.807) is 42.1 Å². The number of sulfonamides is 1. The molecule has 0 aliphatic carbocycles. The molecule has 3 aliphatic rings. The van der Waals surface area contributed by atoms with Crippen molar-refractivity contribution in [2.75, 3.05) is 31.4 Å². The van der Waals surface area contributed by atoms with Gasteiger partial charge >= 0.3 is 0 Å². The zero-order chi connectivity index (χ0) is 22.6. The molecule has 1 fully saturated rings. The summed E-state index contributed by atoms with van der Waals surface area (Å²) in [5.74, 6) is 3.59. The molecule has 3 aromatic rings.